The summed E-state index contributed by atoms with van der Waals surface area (Å²) in [5, 5.41) is 0. The Balaban J connectivity index is 1.47. The van der Waals surface area contributed by atoms with E-state index in [0.717, 1.165) is 29.7 Å². The second kappa shape index (κ2) is 15.0. The molecule has 0 aliphatic carbocycles. The molecule has 0 unspecified atom stereocenters. The van der Waals surface area contributed by atoms with Gasteiger partial charge in [0.15, 0.2) is 5.78 Å². The van der Waals surface area contributed by atoms with Crippen molar-refractivity contribution in [3.05, 3.63) is 131 Å². The summed E-state index contributed by atoms with van der Waals surface area (Å²) in [6.07, 6.45) is 5.78. The number of rotatable bonds is 14. The molecule has 0 spiro atoms. The zero-order chi connectivity index (χ0) is 33.6. The first-order chi connectivity index (χ1) is 22.6. The lowest BCUT2D eigenvalue weighted by Gasteiger charge is -2.33. The van der Waals surface area contributed by atoms with Crippen molar-refractivity contribution in [2.45, 2.75) is 66.7 Å². The highest BCUT2D eigenvalue weighted by Gasteiger charge is 2.32. The zero-order valence-electron chi connectivity index (χ0n) is 28.8. The summed E-state index contributed by atoms with van der Waals surface area (Å²) >= 11 is 0. The fourth-order valence-electron chi connectivity index (χ4n) is 6.56. The van der Waals surface area contributed by atoms with Gasteiger partial charge in [-0.2, -0.15) is 0 Å². The number of carbonyl (C=O) groups excluding carboxylic acids is 2. The van der Waals surface area contributed by atoms with Gasteiger partial charge >= 0.3 is 5.97 Å². The van der Waals surface area contributed by atoms with E-state index in [9.17, 15) is 9.59 Å². The van der Waals surface area contributed by atoms with Crippen molar-refractivity contribution in [3.63, 3.8) is 0 Å². The number of benzene rings is 3. The Kier molecular flexibility index (Phi) is 10.8. The van der Waals surface area contributed by atoms with Crippen molar-refractivity contribution >= 4 is 34.3 Å². The Morgan fingerprint density at radius 1 is 0.745 bits per heavy atom. The van der Waals surface area contributed by atoms with Crippen molar-refractivity contribution < 1.29 is 14.3 Å². The topological polar surface area (TPSA) is 47.8 Å². The number of pyridine rings is 1. The minimum absolute atomic E-state index is 0.0119. The molecule has 0 saturated carbocycles. The summed E-state index contributed by atoms with van der Waals surface area (Å²) in [5.74, 6) is 0.994. The average Bonchev–Trinajstić information content (AvgIpc) is 3.43. The molecule has 0 N–H and O–H groups in total. The molecular formula is C42H49N2O3+. The molecule has 0 aliphatic heterocycles. The van der Waals surface area contributed by atoms with Crippen LogP contribution in [0.4, 0.5) is 17.1 Å². The Labute approximate surface area is 280 Å². The van der Waals surface area contributed by atoms with Crippen LogP contribution in [-0.4, -0.2) is 29.8 Å². The third-order valence-electron chi connectivity index (χ3n) is 8.96. The van der Waals surface area contributed by atoms with E-state index in [1.165, 1.54) is 22.5 Å². The Hall–Kier alpha value is -4.48. The lowest BCUT2D eigenvalue weighted by atomic mass is 9.99. The summed E-state index contributed by atoms with van der Waals surface area (Å²) in [6.45, 7) is 11.2. The maximum atomic E-state index is 14.0. The number of hydrogen-bond donors (Lipinski definition) is 0. The van der Waals surface area contributed by atoms with E-state index >= 15 is 0 Å². The number of aryl methyl sites for hydroxylation is 1. The fraction of sp³-hybridized carbons (Fsp3) is 0.333. The van der Waals surface area contributed by atoms with E-state index in [-0.39, 0.29) is 11.8 Å². The molecule has 0 atom stereocenters. The number of carbonyl (C=O) groups is 2. The van der Waals surface area contributed by atoms with E-state index < -0.39 is 0 Å². The second-order valence-electron chi connectivity index (χ2n) is 13.6. The second-order valence-corrected chi connectivity index (χ2v) is 13.6. The highest BCUT2D eigenvalue weighted by atomic mass is 16.5. The van der Waals surface area contributed by atoms with Crippen LogP contribution in [0.3, 0.4) is 0 Å². The van der Waals surface area contributed by atoms with Gasteiger partial charge in [0.1, 0.15) is 17.1 Å². The highest BCUT2D eigenvalue weighted by molar-refractivity contribution is 6.13. The van der Waals surface area contributed by atoms with Crippen molar-refractivity contribution in [1.82, 2.24) is 8.88 Å². The van der Waals surface area contributed by atoms with Crippen molar-refractivity contribution in [2.24, 2.45) is 11.8 Å². The number of aromatic nitrogens is 1. The SMILES string of the molecule is CCOC(=O)CCCc1cc(C(=O)c2ccc([N+](C)(c3ccc(CC(C)C)cc3)c3ccc(CC(C)C)cc3)cc2)c2ccccn12. The minimum Gasteiger partial charge on any atom is -0.466 e. The minimum atomic E-state index is -0.187. The fourth-order valence-corrected chi connectivity index (χ4v) is 6.56. The number of fused-ring (bicyclic) bond motifs is 1. The van der Waals surface area contributed by atoms with E-state index in [1.54, 1.807) is 0 Å². The summed E-state index contributed by atoms with van der Waals surface area (Å²) in [4.78, 5) is 25.9. The van der Waals surface area contributed by atoms with Crippen LogP contribution in [0.1, 0.15) is 80.2 Å². The maximum absolute atomic E-state index is 14.0. The molecule has 0 amide bonds. The lowest BCUT2D eigenvalue weighted by Crippen LogP contribution is -2.33. The monoisotopic (exact) mass is 629 g/mol. The average molecular weight is 630 g/mol. The van der Waals surface area contributed by atoms with Crippen molar-refractivity contribution in [2.75, 3.05) is 13.7 Å². The lowest BCUT2D eigenvalue weighted by molar-refractivity contribution is -0.143. The summed E-state index contributed by atoms with van der Waals surface area (Å²) in [7, 11) is 2.23. The first-order valence-electron chi connectivity index (χ1n) is 17.1. The first kappa shape index (κ1) is 33.9. The third-order valence-corrected chi connectivity index (χ3v) is 8.96. The molecule has 0 aliphatic rings. The smallest absolute Gasteiger partial charge is 0.305 e. The number of quaternary nitrogens is 1. The normalized spacial score (nSPS) is 11.8. The molecule has 2 heterocycles. The van der Waals surface area contributed by atoms with Gasteiger partial charge in [0.2, 0.25) is 0 Å². The molecular weight excluding hydrogens is 580 g/mol. The van der Waals surface area contributed by atoms with Crippen LogP contribution in [0, 0.1) is 11.8 Å². The molecule has 3 aromatic carbocycles. The van der Waals surface area contributed by atoms with Crippen LogP contribution in [0.2, 0.25) is 0 Å². The van der Waals surface area contributed by atoms with Gasteiger partial charge < -0.3 is 9.14 Å². The molecule has 0 bridgehead atoms. The summed E-state index contributed by atoms with van der Waals surface area (Å²) in [6, 6.07) is 34.0. The van der Waals surface area contributed by atoms with Gasteiger partial charge in [-0.15, -0.1) is 0 Å². The Morgan fingerprint density at radius 2 is 1.28 bits per heavy atom. The van der Waals surface area contributed by atoms with Gasteiger partial charge in [-0.25, -0.2) is 4.48 Å². The van der Waals surface area contributed by atoms with Gasteiger partial charge in [0, 0.05) is 65.8 Å². The van der Waals surface area contributed by atoms with E-state index in [0.29, 0.717) is 53.3 Å². The van der Waals surface area contributed by atoms with Crippen molar-refractivity contribution in [1.29, 1.82) is 0 Å². The predicted molar refractivity (Wildman–Crippen MR) is 194 cm³/mol. The van der Waals surface area contributed by atoms with Gasteiger partial charge in [-0.05, 0) is 85.9 Å². The van der Waals surface area contributed by atoms with Gasteiger partial charge in [-0.1, -0.05) is 58.0 Å². The molecule has 5 aromatic rings. The molecule has 5 rings (SSSR count). The molecule has 2 aromatic heterocycles. The third kappa shape index (κ3) is 7.74. The molecule has 5 nitrogen and oxygen atoms in total. The quantitative estimate of drug-likeness (QED) is 0.0698. The first-order valence-corrected chi connectivity index (χ1v) is 17.1. The van der Waals surface area contributed by atoms with Gasteiger partial charge in [0.25, 0.3) is 0 Å². The Morgan fingerprint density at radius 3 is 1.79 bits per heavy atom. The summed E-state index contributed by atoms with van der Waals surface area (Å²) < 4.78 is 7.64. The van der Waals surface area contributed by atoms with Crippen LogP contribution in [0.5, 0.6) is 0 Å². The largest absolute Gasteiger partial charge is 0.466 e. The molecule has 5 heteroatoms. The number of nitrogens with zero attached hydrogens (tertiary/aromatic N) is 2. The molecule has 244 valence electrons. The molecule has 47 heavy (non-hydrogen) atoms. The van der Waals surface area contributed by atoms with Crippen LogP contribution in [-0.2, 0) is 28.8 Å². The van der Waals surface area contributed by atoms with Gasteiger partial charge in [-0.3, -0.25) is 9.59 Å². The molecule has 0 saturated heterocycles. The number of ketones is 1. The maximum Gasteiger partial charge on any atom is 0.305 e. The molecule has 0 radical (unpaired) electrons. The van der Waals surface area contributed by atoms with E-state index in [1.807, 2.05) is 49.5 Å². The van der Waals surface area contributed by atoms with E-state index in [2.05, 4.69) is 99.8 Å². The van der Waals surface area contributed by atoms with Gasteiger partial charge in [0.05, 0.1) is 19.2 Å². The summed E-state index contributed by atoms with van der Waals surface area (Å²) in [5.41, 5.74) is 9.28. The number of esters is 1. The number of hydrogen-bond acceptors (Lipinski definition) is 3. The van der Waals surface area contributed by atoms with Crippen LogP contribution < -0.4 is 4.48 Å². The van der Waals surface area contributed by atoms with Crippen LogP contribution in [0.15, 0.2) is 103 Å². The van der Waals surface area contributed by atoms with E-state index in [4.69, 9.17) is 4.74 Å². The van der Waals surface area contributed by atoms with Crippen molar-refractivity contribution in [3.8, 4) is 0 Å². The van der Waals surface area contributed by atoms with Crippen LogP contribution >= 0.6 is 0 Å². The standard InChI is InChI=1S/C42H49N2O3/c1-7-47-41(45)13-10-11-35-29-39(40-12-8-9-26-43(35)40)42(46)34-18-24-38(25-19-34)44(6,36-20-14-32(15-21-36)27-30(2)3)37-22-16-33(17-23-37)28-31(4)5/h8-9,12,14-26,29-31H,7,10-11,13,27-28H2,1-6H3/q+1. The number of ether oxygens (including phenoxy) is 1. The molecule has 0 fully saturated rings. The highest BCUT2D eigenvalue weighted by Crippen LogP contribution is 2.42. The predicted octanol–water partition coefficient (Wildman–Crippen LogP) is 10.1. The van der Waals surface area contributed by atoms with Crippen LogP contribution in [0.25, 0.3) is 5.52 Å². The Bertz CT molecular complexity index is 1740. The zero-order valence-corrected chi connectivity index (χ0v) is 28.8.